The third-order valence-electron chi connectivity index (χ3n) is 2.05. The number of benzene rings is 1. The molecule has 3 N–H and O–H groups in total. The van der Waals surface area contributed by atoms with E-state index >= 15 is 0 Å². The number of nitrogens with one attached hydrogen (secondary N) is 1. The highest BCUT2D eigenvalue weighted by molar-refractivity contribution is 7.89. The van der Waals surface area contributed by atoms with Crippen LogP contribution in [0, 0.1) is 17.5 Å². The van der Waals surface area contributed by atoms with Gasteiger partial charge in [-0.2, -0.15) is 0 Å². The standard InChI is InChI=1S/C9H10F3NO4S/c10-6-1-2-7(9(12)8(6)11)18(16,17)13-5(3-14)4-15/h1-2,5,13-15H,3-4H2. The third kappa shape index (κ3) is 2.99. The molecule has 0 saturated heterocycles. The lowest BCUT2D eigenvalue weighted by Crippen LogP contribution is -2.40. The van der Waals surface area contributed by atoms with Crippen LogP contribution in [0.4, 0.5) is 13.2 Å². The van der Waals surface area contributed by atoms with Gasteiger partial charge in [-0.15, -0.1) is 0 Å². The fraction of sp³-hybridized carbons (Fsp3) is 0.333. The van der Waals surface area contributed by atoms with Crippen molar-refractivity contribution in [2.75, 3.05) is 13.2 Å². The van der Waals surface area contributed by atoms with Crippen molar-refractivity contribution >= 4 is 10.0 Å². The van der Waals surface area contributed by atoms with E-state index in [2.05, 4.69) is 0 Å². The molecule has 1 rings (SSSR count). The second-order valence-electron chi connectivity index (χ2n) is 3.36. The second kappa shape index (κ2) is 5.65. The summed E-state index contributed by atoms with van der Waals surface area (Å²) >= 11 is 0. The van der Waals surface area contributed by atoms with Crippen LogP contribution in [0.1, 0.15) is 0 Å². The molecule has 0 aliphatic carbocycles. The SMILES string of the molecule is O=S(=O)(NC(CO)CO)c1ccc(F)c(F)c1F. The average Bonchev–Trinajstić information content (AvgIpc) is 2.32. The van der Waals surface area contributed by atoms with Gasteiger partial charge in [0.2, 0.25) is 10.0 Å². The summed E-state index contributed by atoms with van der Waals surface area (Å²) in [5, 5.41) is 17.4. The fourth-order valence-electron chi connectivity index (χ4n) is 1.13. The maximum Gasteiger partial charge on any atom is 0.244 e. The van der Waals surface area contributed by atoms with Crippen LogP contribution >= 0.6 is 0 Å². The Morgan fingerprint density at radius 3 is 2.17 bits per heavy atom. The third-order valence-corrected chi connectivity index (χ3v) is 3.59. The molecule has 0 radical (unpaired) electrons. The van der Waals surface area contributed by atoms with Crippen LogP contribution in [0.5, 0.6) is 0 Å². The van der Waals surface area contributed by atoms with E-state index in [9.17, 15) is 21.6 Å². The van der Waals surface area contributed by atoms with Crippen LogP contribution in [0.2, 0.25) is 0 Å². The van der Waals surface area contributed by atoms with Crippen molar-refractivity contribution in [2.24, 2.45) is 0 Å². The van der Waals surface area contributed by atoms with E-state index in [1.54, 1.807) is 4.72 Å². The molecular formula is C9H10F3NO4S. The zero-order valence-electron chi connectivity index (χ0n) is 8.90. The Labute approximate surface area is 101 Å². The molecule has 1 aromatic carbocycles. The van der Waals surface area contributed by atoms with Crippen molar-refractivity contribution in [3.05, 3.63) is 29.6 Å². The van der Waals surface area contributed by atoms with Gasteiger partial charge in [-0.25, -0.2) is 26.3 Å². The van der Waals surface area contributed by atoms with Crippen molar-refractivity contribution in [3.8, 4) is 0 Å². The monoisotopic (exact) mass is 285 g/mol. The first-order valence-corrected chi connectivity index (χ1v) is 6.19. The largest absolute Gasteiger partial charge is 0.395 e. The predicted octanol–water partition coefficient (Wildman–Crippen LogP) is -0.265. The fourth-order valence-corrected chi connectivity index (χ4v) is 2.42. The highest BCUT2D eigenvalue weighted by atomic mass is 32.2. The minimum Gasteiger partial charge on any atom is -0.395 e. The van der Waals surface area contributed by atoms with Gasteiger partial charge in [0.25, 0.3) is 0 Å². The summed E-state index contributed by atoms with van der Waals surface area (Å²) in [5.41, 5.74) is 0. The van der Waals surface area contributed by atoms with Gasteiger partial charge in [-0.1, -0.05) is 0 Å². The molecular weight excluding hydrogens is 275 g/mol. The second-order valence-corrected chi connectivity index (χ2v) is 5.04. The van der Waals surface area contributed by atoms with Crippen molar-refractivity contribution in [1.82, 2.24) is 4.72 Å². The molecule has 0 unspecified atom stereocenters. The summed E-state index contributed by atoms with van der Waals surface area (Å²) < 4.78 is 63.7. The number of aliphatic hydroxyl groups is 2. The number of hydrogen-bond acceptors (Lipinski definition) is 4. The first-order chi connectivity index (χ1) is 8.33. The minimum atomic E-state index is -4.51. The van der Waals surface area contributed by atoms with Crippen molar-refractivity contribution in [1.29, 1.82) is 0 Å². The first-order valence-electron chi connectivity index (χ1n) is 4.71. The molecule has 0 aromatic heterocycles. The molecule has 102 valence electrons. The van der Waals surface area contributed by atoms with Crippen LogP contribution in [0.15, 0.2) is 17.0 Å². The van der Waals surface area contributed by atoms with Gasteiger partial charge in [-0.05, 0) is 12.1 Å². The van der Waals surface area contributed by atoms with E-state index < -0.39 is 51.6 Å². The van der Waals surface area contributed by atoms with Crippen LogP contribution in [-0.4, -0.2) is 37.9 Å². The van der Waals surface area contributed by atoms with E-state index in [-0.39, 0.29) is 0 Å². The molecule has 0 aliphatic rings. The summed E-state index contributed by atoms with van der Waals surface area (Å²) in [7, 11) is -4.51. The van der Waals surface area contributed by atoms with E-state index in [0.717, 1.165) is 0 Å². The Morgan fingerprint density at radius 2 is 1.67 bits per heavy atom. The van der Waals surface area contributed by atoms with Crippen molar-refractivity contribution in [3.63, 3.8) is 0 Å². The Bertz CT molecular complexity index is 531. The van der Waals surface area contributed by atoms with Crippen molar-refractivity contribution < 1.29 is 31.8 Å². The molecule has 0 atom stereocenters. The average molecular weight is 285 g/mol. The number of aliphatic hydroxyl groups excluding tert-OH is 2. The van der Waals surface area contributed by atoms with E-state index in [0.29, 0.717) is 12.1 Å². The van der Waals surface area contributed by atoms with Gasteiger partial charge in [0.05, 0.1) is 19.3 Å². The number of sulfonamides is 1. The van der Waals surface area contributed by atoms with Gasteiger partial charge >= 0.3 is 0 Å². The minimum absolute atomic E-state index is 0.458. The lowest BCUT2D eigenvalue weighted by atomic mass is 10.3. The molecule has 0 aliphatic heterocycles. The molecule has 0 saturated carbocycles. The zero-order chi connectivity index (χ0) is 13.9. The Kier molecular flexibility index (Phi) is 4.68. The summed E-state index contributed by atoms with van der Waals surface area (Å²) in [4.78, 5) is -1.10. The number of hydrogen-bond donors (Lipinski definition) is 3. The smallest absolute Gasteiger partial charge is 0.244 e. The van der Waals surface area contributed by atoms with Gasteiger partial charge < -0.3 is 10.2 Å². The van der Waals surface area contributed by atoms with Crippen LogP contribution in [0.25, 0.3) is 0 Å². The van der Waals surface area contributed by atoms with E-state index in [1.807, 2.05) is 0 Å². The lowest BCUT2D eigenvalue weighted by Gasteiger charge is -2.14. The maximum absolute atomic E-state index is 13.3. The quantitative estimate of drug-likeness (QED) is 0.650. The van der Waals surface area contributed by atoms with Gasteiger partial charge in [-0.3, -0.25) is 0 Å². The van der Waals surface area contributed by atoms with Crippen LogP contribution < -0.4 is 4.72 Å². The maximum atomic E-state index is 13.3. The Hall–Kier alpha value is -1.16. The molecule has 1 aromatic rings. The topological polar surface area (TPSA) is 86.6 Å². The summed E-state index contributed by atoms with van der Waals surface area (Å²) in [5.74, 6) is -5.30. The molecule has 0 heterocycles. The summed E-state index contributed by atoms with van der Waals surface area (Å²) in [6, 6.07) is -0.260. The van der Waals surface area contributed by atoms with E-state index in [4.69, 9.17) is 10.2 Å². The summed E-state index contributed by atoms with van der Waals surface area (Å²) in [6.07, 6.45) is 0. The van der Waals surface area contributed by atoms with Crippen LogP contribution in [-0.2, 0) is 10.0 Å². The number of halogens is 3. The van der Waals surface area contributed by atoms with Crippen molar-refractivity contribution in [2.45, 2.75) is 10.9 Å². The normalized spacial score (nSPS) is 12.1. The molecule has 0 spiro atoms. The highest BCUT2D eigenvalue weighted by Crippen LogP contribution is 2.19. The zero-order valence-corrected chi connectivity index (χ0v) is 9.72. The summed E-state index contributed by atoms with van der Waals surface area (Å²) in [6.45, 7) is -1.47. The van der Waals surface area contributed by atoms with E-state index in [1.165, 1.54) is 0 Å². The molecule has 0 amide bonds. The van der Waals surface area contributed by atoms with Gasteiger partial charge in [0.1, 0.15) is 4.90 Å². The molecule has 0 bridgehead atoms. The predicted molar refractivity (Wildman–Crippen MR) is 54.6 cm³/mol. The Morgan fingerprint density at radius 1 is 1.11 bits per heavy atom. The van der Waals surface area contributed by atoms with Gasteiger partial charge in [0, 0.05) is 0 Å². The highest BCUT2D eigenvalue weighted by Gasteiger charge is 2.26. The molecule has 5 nitrogen and oxygen atoms in total. The first kappa shape index (κ1) is 14.9. The van der Waals surface area contributed by atoms with Gasteiger partial charge in [0.15, 0.2) is 17.5 Å². The molecule has 18 heavy (non-hydrogen) atoms. The lowest BCUT2D eigenvalue weighted by molar-refractivity contribution is 0.185. The molecule has 0 fully saturated rings. The number of rotatable bonds is 5. The van der Waals surface area contributed by atoms with Crippen LogP contribution in [0.3, 0.4) is 0 Å². The Balaban J connectivity index is 3.17. The molecule has 9 heteroatoms.